The van der Waals surface area contributed by atoms with Gasteiger partial charge in [-0.1, -0.05) is 36.8 Å². The molecule has 2 rings (SSSR count). The van der Waals surface area contributed by atoms with Crippen LogP contribution in [0.3, 0.4) is 0 Å². The normalized spacial score (nSPS) is 17.2. The molecule has 92 valence electrons. The third kappa shape index (κ3) is 3.30. The van der Waals surface area contributed by atoms with Crippen LogP contribution in [0.4, 0.5) is 0 Å². The molecule has 3 nitrogen and oxygen atoms in total. The third-order valence-electron chi connectivity index (χ3n) is 3.37. The second-order valence-corrected chi connectivity index (χ2v) is 4.71. The average Bonchev–Trinajstić information content (AvgIpc) is 2.27. The summed E-state index contributed by atoms with van der Waals surface area (Å²) >= 11 is 0. The highest BCUT2D eigenvalue weighted by molar-refractivity contribution is 5.79. The monoisotopic (exact) mass is 233 g/mol. The lowest BCUT2D eigenvalue weighted by Crippen LogP contribution is -2.43. The van der Waals surface area contributed by atoms with Crippen LogP contribution in [-0.4, -0.2) is 23.7 Å². The van der Waals surface area contributed by atoms with Gasteiger partial charge in [0.25, 0.3) is 0 Å². The van der Waals surface area contributed by atoms with Crippen molar-refractivity contribution >= 4 is 5.91 Å². The van der Waals surface area contributed by atoms with E-state index in [1.165, 1.54) is 0 Å². The number of nitrogens with one attached hydrogen (secondary N) is 1. The molecule has 1 aromatic carbocycles. The summed E-state index contributed by atoms with van der Waals surface area (Å²) in [7, 11) is 0. The van der Waals surface area contributed by atoms with Gasteiger partial charge >= 0.3 is 0 Å². The zero-order valence-corrected chi connectivity index (χ0v) is 9.93. The number of rotatable bonds is 5. The minimum Gasteiger partial charge on any atom is -0.394 e. The zero-order valence-electron chi connectivity index (χ0n) is 9.93. The summed E-state index contributed by atoms with van der Waals surface area (Å²) in [6, 6.07) is 9.76. The first-order valence-electron chi connectivity index (χ1n) is 6.24. The van der Waals surface area contributed by atoms with Crippen molar-refractivity contribution in [3.05, 3.63) is 35.9 Å². The lowest BCUT2D eigenvalue weighted by Gasteiger charge is -2.26. The molecule has 0 aliphatic heterocycles. The lowest BCUT2D eigenvalue weighted by atomic mass is 9.84. The summed E-state index contributed by atoms with van der Waals surface area (Å²) in [5.41, 5.74) is 1.14. The minimum absolute atomic E-state index is 0.00659. The molecular formula is C14H19NO2. The number of aliphatic hydroxyl groups excluding tert-OH is 1. The van der Waals surface area contributed by atoms with E-state index < -0.39 is 0 Å². The van der Waals surface area contributed by atoms with Crippen molar-refractivity contribution < 1.29 is 9.90 Å². The van der Waals surface area contributed by atoms with Crippen LogP contribution in [0.15, 0.2) is 30.3 Å². The van der Waals surface area contributed by atoms with E-state index in [2.05, 4.69) is 5.32 Å². The van der Waals surface area contributed by atoms with Crippen LogP contribution in [0.25, 0.3) is 0 Å². The van der Waals surface area contributed by atoms with E-state index in [0.29, 0.717) is 6.42 Å². The van der Waals surface area contributed by atoms with Gasteiger partial charge in [0, 0.05) is 5.92 Å². The summed E-state index contributed by atoms with van der Waals surface area (Å²) < 4.78 is 0. The molecule has 0 unspecified atom stereocenters. The summed E-state index contributed by atoms with van der Waals surface area (Å²) in [4.78, 5) is 11.8. The van der Waals surface area contributed by atoms with E-state index in [-0.39, 0.29) is 24.5 Å². The highest BCUT2D eigenvalue weighted by Gasteiger charge is 2.26. The Labute approximate surface area is 102 Å². The molecule has 2 N–H and O–H groups in total. The highest BCUT2D eigenvalue weighted by Crippen LogP contribution is 2.26. The summed E-state index contributed by atoms with van der Waals surface area (Å²) in [6.45, 7) is -0.00659. The van der Waals surface area contributed by atoms with Crippen molar-refractivity contribution in [3.8, 4) is 0 Å². The second kappa shape index (κ2) is 5.82. The number of hydrogen-bond donors (Lipinski definition) is 2. The van der Waals surface area contributed by atoms with Gasteiger partial charge in [0.05, 0.1) is 12.6 Å². The molecule has 1 aliphatic carbocycles. The van der Waals surface area contributed by atoms with Crippen molar-refractivity contribution in [2.75, 3.05) is 6.61 Å². The van der Waals surface area contributed by atoms with Crippen LogP contribution in [0.1, 0.15) is 24.8 Å². The Balaban J connectivity index is 1.86. The number of carbonyl (C=O) groups excluding carboxylic acids is 1. The van der Waals surface area contributed by atoms with Gasteiger partial charge in [0.2, 0.25) is 5.91 Å². The molecule has 1 aliphatic rings. The predicted molar refractivity (Wildman–Crippen MR) is 66.5 cm³/mol. The maximum Gasteiger partial charge on any atom is 0.223 e. The van der Waals surface area contributed by atoms with E-state index in [9.17, 15) is 9.90 Å². The molecule has 0 saturated heterocycles. The van der Waals surface area contributed by atoms with Gasteiger partial charge in [-0.05, 0) is 24.8 Å². The molecule has 1 fully saturated rings. The standard InChI is InChI=1S/C14H19NO2/c16-10-13(9-11-5-2-1-3-6-11)15-14(17)12-7-4-8-12/h1-3,5-6,12-13,16H,4,7-10H2,(H,15,17)/t13-/m0/s1. The molecule has 1 atom stereocenters. The lowest BCUT2D eigenvalue weighted by molar-refractivity contribution is -0.128. The molecule has 0 aromatic heterocycles. The number of carbonyl (C=O) groups is 1. The van der Waals surface area contributed by atoms with Crippen LogP contribution < -0.4 is 5.32 Å². The molecule has 1 aromatic rings. The second-order valence-electron chi connectivity index (χ2n) is 4.71. The molecule has 0 heterocycles. The minimum atomic E-state index is -0.162. The summed E-state index contributed by atoms with van der Waals surface area (Å²) in [5.74, 6) is 0.283. The van der Waals surface area contributed by atoms with E-state index in [4.69, 9.17) is 0 Å². The van der Waals surface area contributed by atoms with E-state index in [1.807, 2.05) is 30.3 Å². The van der Waals surface area contributed by atoms with Gasteiger partial charge in [-0.25, -0.2) is 0 Å². The van der Waals surface area contributed by atoms with Crippen LogP contribution in [0, 0.1) is 5.92 Å². The fourth-order valence-electron chi connectivity index (χ4n) is 2.05. The fourth-order valence-corrected chi connectivity index (χ4v) is 2.05. The van der Waals surface area contributed by atoms with Gasteiger partial charge < -0.3 is 10.4 Å². The molecule has 0 bridgehead atoms. The predicted octanol–water partition coefficient (Wildman–Crippen LogP) is 1.51. The van der Waals surface area contributed by atoms with E-state index in [0.717, 1.165) is 24.8 Å². The van der Waals surface area contributed by atoms with Crippen LogP contribution in [-0.2, 0) is 11.2 Å². The van der Waals surface area contributed by atoms with Gasteiger partial charge in [0.15, 0.2) is 0 Å². The van der Waals surface area contributed by atoms with Crippen molar-refractivity contribution in [3.63, 3.8) is 0 Å². The topological polar surface area (TPSA) is 49.3 Å². The largest absolute Gasteiger partial charge is 0.394 e. The Morgan fingerprint density at radius 2 is 2.06 bits per heavy atom. The Morgan fingerprint density at radius 1 is 1.35 bits per heavy atom. The first-order valence-corrected chi connectivity index (χ1v) is 6.24. The maximum absolute atomic E-state index is 11.8. The smallest absolute Gasteiger partial charge is 0.223 e. The van der Waals surface area contributed by atoms with Crippen LogP contribution in [0.5, 0.6) is 0 Å². The average molecular weight is 233 g/mol. The maximum atomic E-state index is 11.8. The number of benzene rings is 1. The number of hydrogen-bond acceptors (Lipinski definition) is 2. The van der Waals surface area contributed by atoms with Gasteiger partial charge in [-0.3, -0.25) is 4.79 Å². The summed E-state index contributed by atoms with van der Waals surface area (Å²) in [5, 5.41) is 12.2. The first kappa shape index (κ1) is 12.1. The highest BCUT2D eigenvalue weighted by atomic mass is 16.3. The Kier molecular flexibility index (Phi) is 4.15. The number of aliphatic hydroxyl groups is 1. The van der Waals surface area contributed by atoms with Crippen molar-refractivity contribution in [2.24, 2.45) is 5.92 Å². The molecule has 0 spiro atoms. The van der Waals surface area contributed by atoms with E-state index in [1.54, 1.807) is 0 Å². The Hall–Kier alpha value is -1.35. The SMILES string of the molecule is O=C(N[C@H](CO)Cc1ccccc1)C1CCC1. The zero-order chi connectivity index (χ0) is 12.1. The number of amides is 1. The molecule has 1 amide bonds. The summed E-state index contributed by atoms with van der Waals surface area (Å²) in [6.07, 6.45) is 3.83. The quantitative estimate of drug-likeness (QED) is 0.810. The van der Waals surface area contributed by atoms with Gasteiger partial charge in [0.1, 0.15) is 0 Å². The van der Waals surface area contributed by atoms with Crippen LogP contribution in [0.2, 0.25) is 0 Å². The van der Waals surface area contributed by atoms with Gasteiger partial charge in [-0.2, -0.15) is 0 Å². The van der Waals surface area contributed by atoms with E-state index >= 15 is 0 Å². The van der Waals surface area contributed by atoms with Crippen LogP contribution >= 0.6 is 0 Å². The molecule has 0 radical (unpaired) electrons. The molecule has 3 heteroatoms. The van der Waals surface area contributed by atoms with Gasteiger partial charge in [-0.15, -0.1) is 0 Å². The van der Waals surface area contributed by atoms with Crippen molar-refractivity contribution in [1.29, 1.82) is 0 Å². The first-order chi connectivity index (χ1) is 8.29. The Morgan fingerprint density at radius 3 is 2.59 bits per heavy atom. The van der Waals surface area contributed by atoms with Crippen molar-refractivity contribution in [2.45, 2.75) is 31.7 Å². The van der Waals surface area contributed by atoms with Crippen molar-refractivity contribution in [1.82, 2.24) is 5.32 Å². The Bertz CT molecular complexity index is 360. The third-order valence-corrected chi connectivity index (χ3v) is 3.37. The molecular weight excluding hydrogens is 214 g/mol. The molecule has 17 heavy (non-hydrogen) atoms. The fraction of sp³-hybridized carbons (Fsp3) is 0.500. The molecule has 1 saturated carbocycles.